The fraction of sp³-hybridized carbons (Fsp3) is 0.222. The number of thioether (sulfide) groups is 1. The quantitative estimate of drug-likeness (QED) is 0.839. The van der Waals surface area contributed by atoms with Crippen LogP contribution in [0.15, 0.2) is 27.7 Å². The Morgan fingerprint density at radius 2 is 2.31 bits per heavy atom. The first kappa shape index (κ1) is 11.9. The summed E-state index contributed by atoms with van der Waals surface area (Å²) in [4.78, 5) is 4.30. The van der Waals surface area contributed by atoms with Gasteiger partial charge < -0.3 is 0 Å². The Morgan fingerprint density at radius 3 is 2.94 bits per heavy atom. The van der Waals surface area contributed by atoms with Crippen molar-refractivity contribution in [3.05, 3.63) is 28.2 Å². The molecule has 0 fully saturated rings. The second-order valence-corrected chi connectivity index (χ2v) is 5.80. The minimum atomic E-state index is -2.66. The van der Waals surface area contributed by atoms with Crippen molar-refractivity contribution >= 4 is 50.5 Å². The SMILES string of the molecule is O=[SH](=O)Nc1c(Br)cccc1C1N=CCS1. The molecule has 1 N–H and O–H groups in total. The van der Waals surface area contributed by atoms with Gasteiger partial charge in [0.15, 0.2) is 0 Å². The summed E-state index contributed by atoms with van der Waals surface area (Å²) in [5.74, 6) is 0.861. The standard InChI is InChI=1S/C9H9BrN2O2S2/c10-7-3-1-2-6(8(7)12-16(13)14)9-11-4-5-15-9/h1-4,9,16H,5H2,(H,12,13,14). The molecule has 2 rings (SSSR count). The van der Waals surface area contributed by atoms with Gasteiger partial charge in [-0.25, -0.2) is 8.42 Å². The fourth-order valence-corrected chi connectivity index (χ4v) is 3.41. The van der Waals surface area contributed by atoms with Crippen molar-refractivity contribution in [3.8, 4) is 0 Å². The van der Waals surface area contributed by atoms with Crippen LogP contribution in [0.25, 0.3) is 0 Å². The minimum Gasteiger partial charge on any atom is -0.284 e. The molecule has 1 aromatic rings. The van der Waals surface area contributed by atoms with E-state index < -0.39 is 10.9 Å². The highest BCUT2D eigenvalue weighted by Gasteiger charge is 2.19. The number of nitrogens with zero attached hydrogens (tertiary/aromatic N) is 1. The highest BCUT2D eigenvalue weighted by Crippen LogP contribution is 2.40. The fourth-order valence-electron chi connectivity index (χ4n) is 1.44. The summed E-state index contributed by atoms with van der Waals surface area (Å²) in [7, 11) is -2.66. The van der Waals surface area contributed by atoms with Crippen molar-refractivity contribution in [2.75, 3.05) is 10.5 Å². The van der Waals surface area contributed by atoms with Gasteiger partial charge in [0.2, 0.25) is 10.9 Å². The number of thiol groups is 1. The van der Waals surface area contributed by atoms with Crippen LogP contribution < -0.4 is 4.72 Å². The Kier molecular flexibility index (Phi) is 3.88. The molecule has 7 heteroatoms. The molecule has 0 saturated carbocycles. The van der Waals surface area contributed by atoms with Crippen molar-refractivity contribution < 1.29 is 8.42 Å². The van der Waals surface area contributed by atoms with Gasteiger partial charge in [0.05, 0.1) is 5.69 Å². The molecule has 86 valence electrons. The molecule has 0 aromatic heterocycles. The predicted molar refractivity (Wildman–Crippen MR) is 71.8 cm³/mol. The number of hydrogen-bond donors (Lipinski definition) is 2. The lowest BCUT2D eigenvalue weighted by Gasteiger charge is -2.13. The molecule has 1 aromatic carbocycles. The molecule has 1 aliphatic rings. The van der Waals surface area contributed by atoms with E-state index >= 15 is 0 Å². The third-order valence-electron chi connectivity index (χ3n) is 2.08. The summed E-state index contributed by atoms with van der Waals surface area (Å²) >= 11 is 5.00. The highest BCUT2D eigenvalue weighted by molar-refractivity contribution is 9.10. The van der Waals surface area contributed by atoms with Crippen molar-refractivity contribution in [2.24, 2.45) is 4.99 Å². The maximum Gasteiger partial charge on any atom is 0.222 e. The van der Waals surface area contributed by atoms with Crippen molar-refractivity contribution in [1.82, 2.24) is 0 Å². The van der Waals surface area contributed by atoms with E-state index in [4.69, 9.17) is 0 Å². The number of halogens is 1. The van der Waals surface area contributed by atoms with Gasteiger partial charge in [0.25, 0.3) is 0 Å². The molecule has 0 spiro atoms. The van der Waals surface area contributed by atoms with E-state index in [-0.39, 0.29) is 5.37 Å². The molecule has 0 amide bonds. The van der Waals surface area contributed by atoms with Crippen LogP contribution in [-0.4, -0.2) is 20.4 Å². The van der Waals surface area contributed by atoms with Crippen LogP contribution in [0.5, 0.6) is 0 Å². The zero-order chi connectivity index (χ0) is 11.5. The van der Waals surface area contributed by atoms with E-state index in [1.54, 1.807) is 17.8 Å². The Morgan fingerprint density at radius 1 is 1.50 bits per heavy atom. The third kappa shape index (κ3) is 2.58. The molecule has 16 heavy (non-hydrogen) atoms. The van der Waals surface area contributed by atoms with E-state index in [1.165, 1.54) is 0 Å². The number of aliphatic imine (C=N–C) groups is 1. The second-order valence-electron chi connectivity index (χ2n) is 3.09. The zero-order valence-electron chi connectivity index (χ0n) is 8.09. The maximum absolute atomic E-state index is 10.7. The summed E-state index contributed by atoms with van der Waals surface area (Å²) in [6.07, 6.45) is 1.84. The molecule has 0 bridgehead atoms. The van der Waals surface area contributed by atoms with E-state index in [9.17, 15) is 8.42 Å². The van der Waals surface area contributed by atoms with Crippen LogP contribution in [0, 0.1) is 0 Å². The Bertz CT molecular complexity index is 494. The predicted octanol–water partition coefficient (Wildman–Crippen LogP) is 2.20. The van der Waals surface area contributed by atoms with E-state index in [1.807, 2.05) is 18.3 Å². The summed E-state index contributed by atoms with van der Waals surface area (Å²) in [5.41, 5.74) is 1.46. The molecule has 4 nitrogen and oxygen atoms in total. The average Bonchev–Trinajstić information content (AvgIpc) is 2.73. The summed E-state index contributed by atoms with van der Waals surface area (Å²) < 4.78 is 24.7. The van der Waals surface area contributed by atoms with Gasteiger partial charge in [-0.3, -0.25) is 9.71 Å². The van der Waals surface area contributed by atoms with E-state index in [0.717, 1.165) is 15.8 Å². The molecule has 1 atom stereocenters. The van der Waals surface area contributed by atoms with Crippen molar-refractivity contribution in [2.45, 2.75) is 5.37 Å². The van der Waals surface area contributed by atoms with Gasteiger partial charge in [-0.15, -0.1) is 11.8 Å². The second kappa shape index (κ2) is 5.20. The third-order valence-corrected chi connectivity index (χ3v) is 4.18. The summed E-state index contributed by atoms with van der Waals surface area (Å²) in [6.45, 7) is 0. The molecule has 1 heterocycles. The first-order valence-corrected chi connectivity index (χ1v) is 7.53. The highest BCUT2D eigenvalue weighted by atomic mass is 79.9. The lowest BCUT2D eigenvalue weighted by molar-refractivity contribution is 0.619. The maximum atomic E-state index is 10.7. The number of para-hydroxylation sites is 1. The number of hydrogen-bond acceptors (Lipinski definition) is 4. The van der Waals surface area contributed by atoms with Crippen LogP contribution in [0.1, 0.15) is 10.9 Å². The normalized spacial score (nSPS) is 19.2. The minimum absolute atomic E-state index is 0.0186. The Balaban J connectivity index is 2.42. The Labute approximate surface area is 108 Å². The Hall–Kier alpha value is -0.530. The molecule has 1 unspecified atom stereocenters. The van der Waals surface area contributed by atoms with Crippen LogP contribution in [0.2, 0.25) is 0 Å². The van der Waals surface area contributed by atoms with E-state index in [0.29, 0.717) is 5.69 Å². The lowest BCUT2D eigenvalue weighted by atomic mass is 10.2. The molecule has 0 radical (unpaired) electrons. The molecular weight excluding hydrogens is 312 g/mol. The van der Waals surface area contributed by atoms with Crippen LogP contribution in [0.3, 0.4) is 0 Å². The van der Waals surface area contributed by atoms with Crippen LogP contribution in [0.4, 0.5) is 5.69 Å². The number of rotatable bonds is 3. The summed E-state index contributed by atoms with van der Waals surface area (Å²) in [5, 5.41) is -0.0186. The monoisotopic (exact) mass is 320 g/mol. The topological polar surface area (TPSA) is 58.5 Å². The van der Waals surface area contributed by atoms with Gasteiger partial charge in [0, 0.05) is 22.0 Å². The van der Waals surface area contributed by atoms with Gasteiger partial charge in [-0.05, 0) is 22.0 Å². The van der Waals surface area contributed by atoms with Gasteiger partial charge in [-0.1, -0.05) is 12.1 Å². The molecule has 0 saturated heterocycles. The number of benzene rings is 1. The van der Waals surface area contributed by atoms with Gasteiger partial charge in [-0.2, -0.15) is 0 Å². The van der Waals surface area contributed by atoms with Crippen LogP contribution in [-0.2, 0) is 10.9 Å². The smallest absolute Gasteiger partial charge is 0.222 e. The first-order chi connectivity index (χ1) is 7.68. The summed E-state index contributed by atoms with van der Waals surface area (Å²) in [6, 6.07) is 5.55. The van der Waals surface area contributed by atoms with E-state index in [2.05, 4.69) is 25.6 Å². The lowest BCUT2D eigenvalue weighted by Crippen LogP contribution is -2.01. The zero-order valence-corrected chi connectivity index (χ0v) is 11.4. The first-order valence-electron chi connectivity index (χ1n) is 4.51. The molecule has 1 aliphatic heterocycles. The van der Waals surface area contributed by atoms with Crippen molar-refractivity contribution in [3.63, 3.8) is 0 Å². The van der Waals surface area contributed by atoms with Gasteiger partial charge >= 0.3 is 0 Å². The molecular formula is C9H9BrN2O2S2. The number of anilines is 1. The van der Waals surface area contributed by atoms with Crippen molar-refractivity contribution in [1.29, 1.82) is 0 Å². The van der Waals surface area contributed by atoms with Crippen LogP contribution >= 0.6 is 27.7 Å². The molecule has 0 aliphatic carbocycles. The number of nitrogens with one attached hydrogen (secondary N) is 1. The average molecular weight is 321 g/mol. The van der Waals surface area contributed by atoms with Gasteiger partial charge in [0.1, 0.15) is 5.37 Å². The largest absolute Gasteiger partial charge is 0.284 e.